The van der Waals surface area contributed by atoms with Gasteiger partial charge in [0.25, 0.3) is 5.91 Å². The smallest absolute Gasteiger partial charge is 0.338 e. The van der Waals surface area contributed by atoms with Crippen LogP contribution in [0.25, 0.3) is 0 Å². The number of rotatable bonds is 8. The molecule has 10 heteroatoms. The second-order valence-electron chi connectivity index (χ2n) is 7.56. The summed E-state index contributed by atoms with van der Waals surface area (Å²) in [5.74, 6) is -2.18. The molecule has 2 aromatic carbocycles. The topological polar surface area (TPSA) is 150 Å². The summed E-state index contributed by atoms with van der Waals surface area (Å²) in [5, 5.41) is 12.4. The molecule has 1 heterocycles. The zero-order valence-electron chi connectivity index (χ0n) is 20.0. The average molecular weight is 492 g/mol. The Labute approximate surface area is 207 Å². The maximum absolute atomic E-state index is 12.5. The summed E-state index contributed by atoms with van der Waals surface area (Å²) in [6.45, 7) is 3.16. The first kappa shape index (κ1) is 25.8. The molecule has 1 aliphatic heterocycles. The average Bonchev–Trinajstić information content (AvgIpc) is 2.87. The highest BCUT2D eigenvalue weighted by atomic mass is 16.5. The predicted octanol–water partition coefficient (Wildman–Crippen LogP) is 3.14. The number of benzene rings is 2. The molecular formula is C26H25N3O7. The highest BCUT2D eigenvalue weighted by Gasteiger charge is 2.37. The van der Waals surface area contributed by atoms with E-state index >= 15 is 0 Å². The van der Waals surface area contributed by atoms with Crippen LogP contribution in [0.1, 0.15) is 35.7 Å². The van der Waals surface area contributed by atoms with E-state index in [9.17, 15) is 19.6 Å². The van der Waals surface area contributed by atoms with Crippen molar-refractivity contribution in [2.75, 3.05) is 25.6 Å². The van der Waals surface area contributed by atoms with Crippen LogP contribution in [0, 0.1) is 11.3 Å². The lowest BCUT2D eigenvalue weighted by Crippen LogP contribution is -2.26. The monoisotopic (exact) mass is 491 g/mol. The summed E-state index contributed by atoms with van der Waals surface area (Å²) >= 11 is 0. The third kappa shape index (κ3) is 5.64. The fourth-order valence-corrected chi connectivity index (χ4v) is 3.66. The molecule has 0 aliphatic carbocycles. The molecule has 1 unspecified atom stereocenters. The minimum atomic E-state index is -0.911. The second-order valence-corrected chi connectivity index (χ2v) is 7.56. The lowest BCUT2D eigenvalue weighted by molar-refractivity contribution is -0.136. The minimum Gasteiger partial charge on any atom is -0.483 e. The van der Waals surface area contributed by atoms with Gasteiger partial charge in [-0.25, -0.2) is 9.59 Å². The largest absolute Gasteiger partial charge is 0.483 e. The minimum absolute atomic E-state index is 0.0168. The quantitative estimate of drug-likeness (QED) is 0.531. The van der Waals surface area contributed by atoms with Gasteiger partial charge in [0.1, 0.15) is 23.2 Å². The summed E-state index contributed by atoms with van der Waals surface area (Å²) in [5.41, 5.74) is 7.31. The number of para-hydroxylation sites is 1. The van der Waals surface area contributed by atoms with Crippen LogP contribution in [0.4, 0.5) is 5.69 Å². The van der Waals surface area contributed by atoms with E-state index in [0.717, 1.165) is 0 Å². The van der Waals surface area contributed by atoms with Gasteiger partial charge in [0.15, 0.2) is 6.61 Å². The van der Waals surface area contributed by atoms with E-state index in [-0.39, 0.29) is 41.8 Å². The number of carbonyl (C=O) groups is 3. The van der Waals surface area contributed by atoms with Crippen molar-refractivity contribution >= 4 is 23.5 Å². The van der Waals surface area contributed by atoms with Crippen molar-refractivity contribution in [3.8, 4) is 11.8 Å². The molecule has 0 saturated carbocycles. The van der Waals surface area contributed by atoms with Crippen LogP contribution in [0.2, 0.25) is 0 Å². The molecular weight excluding hydrogens is 466 g/mol. The van der Waals surface area contributed by atoms with Crippen molar-refractivity contribution in [2.24, 2.45) is 5.73 Å². The molecule has 36 heavy (non-hydrogen) atoms. The van der Waals surface area contributed by atoms with Crippen LogP contribution >= 0.6 is 0 Å². The maximum atomic E-state index is 12.5. The number of nitrogens with one attached hydrogen (secondary N) is 1. The van der Waals surface area contributed by atoms with Crippen molar-refractivity contribution in [3.05, 3.63) is 82.4 Å². The summed E-state index contributed by atoms with van der Waals surface area (Å²) in [4.78, 5) is 36.8. The first-order chi connectivity index (χ1) is 17.3. The van der Waals surface area contributed by atoms with Crippen molar-refractivity contribution in [3.63, 3.8) is 0 Å². The maximum Gasteiger partial charge on any atom is 0.338 e. The number of nitriles is 1. The number of esters is 2. The Balaban J connectivity index is 1.80. The Kier molecular flexibility index (Phi) is 8.30. The van der Waals surface area contributed by atoms with Gasteiger partial charge in [-0.05, 0) is 44.2 Å². The highest BCUT2D eigenvalue weighted by Crippen LogP contribution is 2.42. The van der Waals surface area contributed by atoms with E-state index in [2.05, 4.69) is 5.32 Å². The van der Waals surface area contributed by atoms with Crippen LogP contribution in [0.15, 0.2) is 71.3 Å². The van der Waals surface area contributed by atoms with E-state index in [0.29, 0.717) is 16.8 Å². The van der Waals surface area contributed by atoms with Gasteiger partial charge in [0.05, 0.1) is 30.8 Å². The van der Waals surface area contributed by atoms with Gasteiger partial charge < -0.3 is 30.0 Å². The van der Waals surface area contributed by atoms with Gasteiger partial charge in [-0.1, -0.05) is 18.2 Å². The van der Waals surface area contributed by atoms with Crippen LogP contribution < -0.4 is 15.8 Å². The number of nitrogens with two attached hydrogens (primary N) is 1. The first-order valence-electron chi connectivity index (χ1n) is 11.0. The van der Waals surface area contributed by atoms with E-state index in [1.807, 2.05) is 6.07 Å². The lowest BCUT2D eigenvalue weighted by Gasteiger charge is -2.27. The van der Waals surface area contributed by atoms with Crippen LogP contribution in [-0.2, 0) is 23.8 Å². The Morgan fingerprint density at radius 1 is 1.11 bits per heavy atom. The predicted molar refractivity (Wildman–Crippen MR) is 128 cm³/mol. The molecule has 0 bridgehead atoms. The third-order valence-electron chi connectivity index (χ3n) is 5.28. The Morgan fingerprint density at radius 3 is 2.44 bits per heavy atom. The Hall–Kier alpha value is -4.78. The van der Waals surface area contributed by atoms with E-state index < -0.39 is 23.8 Å². The standard InChI is InChI=1S/C26H25N3O7/c1-4-34-25(31)16-9-11-17(12-10-16)29-21(30)14-35-20-8-6-5-7-18(20)23-19(13-27)24(28)36-15(2)22(23)26(32)33-3/h5-12,23H,4,14,28H2,1-3H3,(H,29,30). The van der Waals surface area contributed by atoms with Gasteiger partial charge >= 0.3 is 11.9 Å². The molecule has 0 saturated heterocycles. The number of amides is 1. The van der Waals surface area contributed by atoms with Crippen molar-refractivity contribution < 1.29 is 33.3 Å². The normalized spacial score (nSPS) is 14.9. The molecule has 1 atom stereocenters. The van der Waals surface area contributed by atoms with E-state index in [4.69, 9.17) is 24.7 Å². The molecule has 0 aromatic heterocycles. The number of carbonyl (C=O) groups excluding carboxylic acids is 3. The number of nitrogens with zero attached hydrogens (tertiary/aromatic N) is 1. The molecule has 0 fully saturated rings. The van der Waals surface area contributed by atoms with E-state index in [1.165, 1.54) is 19.2 Å². The zero-order chi connectivity index (χ0) is 26.2. The van der Waals surface area contributed by atoms with Crippen LogP contribution in [0.5, 0.6) is 5.75 Å². The molecule has 0 spiro atoms. The molecule has 186 valence electrons. The molecule has 1 amide bonds. The Morgan fingerprint density at radius 2 is 1.81 bits per heavy atom. The second kappa shape index (κ2) is 11.6. The summed E-state index contributed by atoms with van der Waals surface area (Å²) in [7, 11) is 1.22. The van der Waals surface area contributed by atoms with Crippen molar-refractivity contribution in [1.29, 1.82) is 5.26 Å². The number of ether oxygens (including phenoxy) is 4. The Bertz CT molecular complexity index is 1270. The molecule has 3 N–H and O–H groups in total. The highest BCUT2D eigenvalue weighted by molar-refractivity contribution is 5.94. The fraction of sp³-hybridized carbons (Fsp3) is 0.231. The number of allylic oxidation sites excluding steroid dienone is 2. The number of methoxy groups -OCH3 is 1. The molecule has 2 aromatic rings. The zero-order valence-corrected chi connectivity index (χ0v) is 20.0. The third-order valence-corrected chi connectivity index (χ3v) is 5.28. The van der Waals surface area contributed by atoms with Crippen molar-refractivity contribution in [1.82, 2.24) is 0 Å². The SMILES string of the molecule is CCOC(=O)c1ccc(NC(=O)COc2ccccc2C2C(C#N)=C(N)OC(C)=C2C(=O)OC)cc1. The van der Waals surface area contributed by atoms with Gasteiger partial charge in [-0.15, -0.1) is 0 Å². The van der Waals surface area contributed by atoms with Gasteiger partial charge in [-0.2, -0.15) is 5.26 Å². The molecule has 0 radical (unpaired) electrons. The summed E-state index contributed by atoms with van der Waals surface area (Å²) < 4.78 is 21.0. The summed E-state index contributed by atoms with van der Waals surface area (Å²) in [6, 6.07) is 14.9. The first-order valence-corrected chi connectivity index (χ1v) is 11.0. The molecule has 1 aliphatic rings. The molecule has 3 rings (SSSR count). The molecule has 10 nitrogen and oxygen atoms in total. The fourth-order valence-electron chi connectivity index (χ4n) is 3.66. The number of hydrogen-bond acceptors (Lipinski definition) is 9. The van der Waals surface area contributed by atoms with Gasteiger partial charge in [0, 0.05) is 11.3 Å². The van der Waals surface area contributed by atoms with Gasteiger partial charge in [0.2, 0.25) is 5.88 Å². The van der Waals surface area contributed by atoms with Gasteiger partial charge in [-0.3, -0.25) is 4.79 Å². The number of hydrogen-bond donors (Lipinski definition) is 2. The van der Waals surface area contributed by atoms with Crippen LogP contribution in [-0.4, -0.2) is 38.2 Å². The van der Waals surface area contributed by atoms with Crippen LogP contribution in [0.3, 0.4) is 0 Å². The number of anilines is 1. The van der Waals surface area contributed by atoms with Crippen molar-refractivity contribution in [2.45, 2.75) is 19.8 Å². The van der Waals surface area contributed by atoms with E-state index in [1.54, 1.807) is 50.2 Å². The lowest BCUT2D eigenvalue weighted by atomic mass is 9.82. The summed E-state index contributed by atoms with van der Waals surface area (Å²) in [6.07, 6.45) is 0.